The molecule has 0 bridgehead atoms. The Labute approximate surface area is 115 Å². The Kier molecular flexibility index (Phi) is 4.01. The SMILES string of the molecule is O=C(O)CSc1n[nH]c(-c2cc(F)c(Cl)cc2F)n1. The third kappa shape index (κ3) is 3.21. The monoisotopic (exact) mass is 305 g/mol. The second kappa shape index (κ2) is 5.54. The van der Waals surface area contributed by atoms with E-state index in [0.29, 0.717) is 0 Å². The zero-order valence-electron chi connectivity index (χ0n) is 9.15. The molecule has 0 radical (unpaired) electrons. The molecule has 0 spiro atoms. The number of hydrogen-bond acceptors (Lipinski definition) is 4. The summed E-state index contributed by atoms with van der Waals surface area (Å²) in [7, 11) is 0. The lowest BCUT2D eigenvalue weighted by Crippen LogP contribution is -1.97. The molecule has 1 aromatic heterocycles. The smallest absolute Gasteiger partial charge is 0.313 e. The molecular weight excluding hydrogens is 300 g/mol. The summed E-state index contributed by atoms with van der Waals surface area (Å²) in [5, 5.41) is 14.4. The highest BCUT2D eigenvalue weighted by atomic mass is 35.5. The largest absolute Gasteiger partial charge is 0.481 e. The molecule has 0 atom stereocenters. The van der Waals surface area contributed by atoms with E-state index in [1.165, 1.54) is 0 Å². The van der Waals surface area contributed by atoms with Crippen molar-refractivity contribution in [2.24, 2.45) is 0 Å². The average molecular weight is 306 g/mol. The number of aromatic nitrogens is 3. The van der Waals surface area contributed by atoms with Crippen LogP contribution in [0.2, 0.25) is 5.02 Å². The number of carboxylic acid groups (broad SMARTS) is 1. The van der Waals surface area contributed by atoms with Gasteiger partial charge in [0, 0.05) is 0 Å². The number of thioether (sulfide) groups is 1. The summed E-state index contributed by atoms with van der Waals surface area (Å²) < 4.78 is 26.9. The molecule has 2 aromatic rings. The lowest BCUT2D eigenvalue weighted by atomic mass is 10.2. The molecule has 0 aliphatic heterocycles. The van der Waals surface area contributed by atoms with Crippen molar-refractivity contribution in [3.63, 3.8) is 0 Å². The Bertz CT molecular complexity index is 635. The van der Waals surface area contributed by atoms with E-state index < -0.39 is 17.6 Å². The first-order valence-electron chi connectivity index (χ1n) is 4.89. The number of carboxylic acids is 1. The van der Waals surface area contributed by atoms with Crippen LogP contribution in [0, 0.1) is 11.6 Å². The van der Waals surface area contributed by atoms with Crippen LogP contribution in [0.4, 0.5) is 8.78 Å². The van der Waals surface area contributed by atoms with Crippen LogP contribution in [0.1, 0.15) is 0 Å². The van der Waals surface area contributed by atoms with Gasteiger partial charge in [0.25, 0.3) is 0 Å². The number of hydrogen-bond donors (Lipinski definition) is 2. The van der Waals surface area contributed by atoms with Crippen molar-refractivity contribution in [1.82, 2.24) is 15.2 Å². The van der Waals surface area contributed by atoms with E-state index in [0.717, 1.165) is 23.9 Å². The van der Waals surface area contributed by atoms with Gasteiger partial charge in [0.05, 0.1) is 16.3 Å². The molecule has 100 valence electrons. The summed E-state index contributed by atoms with van der Waals surface area (Å²) in [4.78, 5) is 14.2. The van der Waals surface area contributed by atoms with Gasteiger partial charge >= 0.3 is 5.97 Å². The van der Waals surface area contributed by atoms with Crippen molar-refractivity contribution in [3.05, 3.63) is 28.8 Å². The number of rotatable bonds is 4. The first-order valence-corrected chi connectivity index (χ1v) is 6.25. The van der Waals surface area contributed by atoms with Crippen LogP contribution < -0.4 is 0 Å². The third-order valence-corrected chi connectivity index (χ3v) is 3.18. The van der Waals surface area contributed by atoms with Crippen LogP contribution in [0.5, 0.6) is 0 Å². The summed E-state index contributed by atoms with van der Waals surface area (Å²) in [6.45, 7) is 0. The molecule has 2 rings (SSSR count). The summed E-state index contributed by atoms with van der Waals surface area (Å²) in [6, 6.07) is 1.72. The van der Waals surface area contributed by atoms with Crippen LogP contribution in [0.15, 0.2) is 17.3 Å². The molecule has 2 N–H and O–H groups in total. The van der Waals surface area contributed by atoms with E-state index in [-0.39, 0.29) is 27.3 Å². The fraction of sp³-hybridized carbons (Fsp3) is 0.100. The van der Waals surface area contributed by atoms with E-state index in [4.69, 9.17) is 16.7 Å². The van der Waals surface area contributed by atoms with Crippen molar-refractivity contribution in [2.75, 3.05) is 5.75 Å². The zero-order valence-corrected chi connectivity index (χ0v) is 10.7. The molecule has 0 saturated heterocycles. The average Bonchev–Trinajstić information content (AvgIpc) is 2.80. The number of aromatic amines is 1. The molecule has 0 fully saturated rings. The maximum atomic E-state index is 13.6. The molecule has 1 heterocycles. The van der Waals surface area contributed by atoms with Gasteiger partial charge in [-0.2, -0.15) is 0 Å². The van der Waals surface area contributed by atoms with E-state index in [1.54, 1.807) is 0 Å². The molecule has 5 nitrogen and oxygen atoms in total. The molecule has 0 amide bonds. The fourth-order valence-electron chi connectivity index (χ4n) is 1.26. The lowest BCUT2D eigenvalue weighted by Gasteiger charge is -2.00. The van der Waals surface area contributed by atoms with E-state index in [2.05, 4.69) is 15.2 Å². The predicted octanol–water partition coefficient (Wildman–Crippen LogP) is 2.58. The Morgan fingerprint density at radius 2 is 2.16 bits per heavy atom. The van der Waals surface area contributed by atoms with E-state index in [1.807, 2.05) is 0 Å². The normalized spacial score (nSPS) is 10.7. The van der Waals surface area contributed by atoms with Gasteiger partial charge in [0.15, 0.2) is 5.82 Å². The van der Waals surface area contributed by atoms with Gasteiger partial charge < -0.3 is 5.11 Å². The summed E-state index contributed by atoms with van der Waals surface area (Å²) in [5.74, 6) is -2.79. The number of aliphatic carboxylic acids is 1. The lowest BCUT2D eigenvalue weighted by molar-refractivity contribution is -0.133. The molecular formula is C10H6ClF2N3O2S. The predicted molar refractivity (Wildman–Crippen MR) is 65.1 cm³/mol. The number of nitrogens with zero attached hydrogens (tertiary/aromatic N) is 2. The van der Waals surface area contributed by atoms with Crippen molar-refractivity contribution < 1.29 is 18.7 Å². The quantitative estimate of drug-likeness (QED) is 0.670. The minimum Gasteiger partial charge on any atom is -0.481 e. The van der Waals surface area contributed by atoms with Crippen molar-refractivity contribution in [3.8, 4) is 11.4 Å². The Morgan fingerprint density at radius 1 is 1.42 bits per heavy atom. The molecule has 0 unspecified atom stereocenters. The number of benzene rings is 1. The van der Waals surface area contributed by atoms with Gasteiger partial charge in [-0.1, -0.05) is 23.4 Å². The third-order valence-electron chi connectivity index (χ3n) is 2.05. The molecule has 9 heteroatoms. The maximum Gasteiger partial charge on any atom is 0.313 e. The summed E-state index contributed by atoms with van der Waals surface area (Å²) >= 11 is 6.29. The van der Waals surface area contributed by atoms with Gasteiger partial charge in [0.1, 0.15) is 11.6 Å². The topological polar surface area (TPSA) is 78.9 Å². The number of carbonyl (C=O) groups is 1. The van der Waals surface area contributed by atoms with Crippen molar-refractivity contribution >= 4 is 29.3 Å². The van der Waals surface area contributed by atoms with Gasteiger partial charge in [-0.25, -0.2) is 13.8 Å². The van der Waals surface area contributed by atoms with Crippen LogP contribution in [0.25, 0.3) is 11.4 Å². The van der Waals surface area contributed by atoms with Crippen LogP contribution in [-0.2, 0) is 4.79 Å². The minimum atomic E-state index is -1.03. The summed E-state index contributed by atoms with van der Waals surface area (Å²) in [5.41, 5.74) is -0.128. The molecule has 1 aromatic carbocycles. The molecule has 0 saturated carbocycles. The highest BCUT2D eigenvalue weighted by Gasteiger charge is 2.14. The van der Waals surface area contributed by atoms with Crippen LogP contribution >= 0.6 is 23.4 Å². The number of halogens is 3. The van der Waals surface area contributed by atoms with Crippen LogP contribution in [0.3, 0.4) is 0 Å². The van der Waals surface area contributed by atoms with Gasteiger partial charge in [-0.05, 0) is 12.1 Å². The fourth-order valence-corrected chi connectivity index (χ4v) is 1.93. The number of H-pyrrole nitrogens is 1. The van der Waals surface area contributed by atoms with Gasteiger partial charge in [-0.3, -0.25) is 9.89 Å². The van der Waals surface area contributed by atoms with E-state index in [9.17, 15) is 13.6 Å². The van der Waals surface area contributed by atoms with Crippen molar-refractivity contribution in [2.45, 2.75) is 5.16 Å². The Hall–Kier alpha value is -1.67. The second-order valence-electron chi connectivity index (χ2n) is 3.40. The Balaban J connectivity index is 2.27. The molecule has 0 aliphatic rings. The van der Waals surface area contributed by atoms with Gasteiger partial charge in [-0.15, -0.1) is 5.10 Å². The zero-order chi connectivity index (χ0) is 14.0. The summed E-state index contributed by atoms with van der Waals surface area (Å²) in [6.07, 6.45) is 0. The maximum absolute atomic E-state index is 13.6. The highest BCUT2D eigenvalue weighted by Crippen LogP contribution is 2.26. The Morgan fingerprint density at radius 3 is 2.84 bits per heavy atom. The standard InChI is InChI=1S/C10H6ClF2N3O2S/c11-5-2-6(12)4(1-7(5)13)9-14-10(16-15-9)19-3-8(17)18/h1-2H,3H2,(H,17,18)(H,14,15,16). The molecule has 0 aliphatic carbocycles. The van der Waals surface area contributed by atoms with Gasteiger partial charge in [0.2, 0.25) is 5.16 Å². The number of nitrogens with one attached hydrogen (secondary N) is 1. The van der Waals surface area contributed by atoms with Crippen molar-refractivity contribution in [1.29, 1.82) is 0 Å². The first-order chi connectivity index (χ1) is 8.97. The molecule has 19 heavy (non-hydrogen) atoms. The van der Waals surface area contributed by atoms with Crippen LogP contribution in [-0.4, -0.2) is 32.0 Å². The van der Waals surface area contributed by atoms with E-state index >= 15 is 0 Å². The highest BCUT2D eigenvalue weighted by molar-refractivity contribution is 7.99. The second-order valence-corrected chi connectivity index (χ2v) is 4.74. The minimum absolute atomic E-state index is 0.000885. The first kappa shape index (κ1) is 13.8.